The van der Waals surface area contributed by atoms with Gasteiger partial charge in [0.2, 0.25) is 0 Å². The maximum Gasteiger partial charge on any atom is 0.167 e. The van der Waals surface area contributed by atoms with Crippen LogP contribution in [-0.2, 0) is 4.79 Å². The van der Waals surface area contributed by atoms with Crippen LogP contribution in [-0.4, -0.2) is 16.2 Å². The van der Waals surface area contributed by atoms with Crippen molar-refractivity contribution in [3.63, 3.8) is 0 Å². The van der Waals surface area contributed by atoms with Crippen LogP contribution in [0.2, 0.25) is 5.02 Å². The van der Waals surface area contributed by atoms with Gasteiger partial charge in [-0.3, -0.25) is 4.79 Å². The molecule has 2 rings (SSSR count). The molecule has 0 atom stereocenters. The third-order valence-corrected chi connectivity index (χ3v) is 4.94. The van der Waals surface area contributed by atoms with Crippen molar-refractivity contribution in [2.75, 3.05) is 11.6 Å². The van der Waals surface area contributed by atoms with E-state index in [2.05, 4.69) is 19.2 Å². The zero-order valence-electron chi connectivity index (χ0n) is 12.3. The number of nitrogens with one attached hydrogen (secondary N) is 1. The van der Waals surface area contributed by atoms with Crippen LogP contribution in [0.1, 0.15) is 26.7 Å². The van der Waals surface area contributed by atoms with Crippen molar-refractivity contribution < 1.29 is 4.79 Å². The Hall–Kier alpha value is -0.840. The third kappa shape index (κ3) is 4.09. The van der Waals surface area contributed by atoms with Gasteiger partial charge in [-0.1, -0.05) is 37.7 Å². The molecule has 0 unspecified atom stereocenters. The zero-order valence-corrected chi connectivity index (χ0v) is 14.7. The summed E-state index contributed by atoms with van der Waals surface area (Å²) in [5.74, 6) is 0.127. The fourth-order valence-corrected chi connectivity index (χ4v) is 3.28. The molecular weight excluding hydrogens is 322 g/mol. The second-order valence-corrected chi connectivity index (χ2v) is 7.84. The van der Waals surface area contributed by atoms with Crippen LogP contribution in [0.5, 0.6) is 0 Å². The molecule has 0 bridgehead atoms. The van der Waals surface area contributed by atoms with Crippen molar-refractivity contribution in [3.8, 4) is 0 Å². The summed E-state index contributed by atoms with van der Waals surface area (Å²) in [5.41, 5.74) is 2.45. The number of Topliss-reactive ketones (excluding diaryl/α,β-unsaturated/α-hetero) is 1. The van der Waals surface area contributed by atoms with E-state index in [4.69, 9.17) is 23.8 Å². The van der Waals surface area contributed by atoms with Crippen molar-refractivity contribution in [2.45, 2.75) is 26.7 Å². The van der Waals surface area contributed by atoms with Crippen LogP contribution in [0.15, 0.2) is 35.5 Å². The topological polar surface area (TPSA) is 29.1 Å². The lowest BCUT2D eigenvalue weighted by Gasteiger charge is -2.32. The van der Waals surface area contributed by atoms with Gasteiger partial charge in [0.15, 0.2) is 5.78 Å². The number of ketones is 1. The first-order chi connectivity index (χ1) is 9.82. The van der Waals surface area contributed by atoms with Crippen LogP contribution < -0.4 is 5.32 Å². The standard InChI is InChI=1S/C16H18ClNOS2/c1-16(2)8-12(14(13(19)9-16)15(20)21-3)18-11-6-4-10(17)5-7-11/h4-7,18H,8-9H2,1-3H3. The Morgan fingerprint density at radius 3 is 2.48 bits per heavy atom. The van der Waals surface area contributed by atoms with Crippen molar-refractivity contribution in [2.24, 2.45) is 5.41 Å². The molecule has 1 aliphatic carbocycles. The monoisotopic (exact) mass is 339 g/mol. The molecule has 0 heterocycles. The van der Waals surface area contributed by atoms with Crippen LogP contribution in [0.4, 0.5) is 5.69 Å². The first-order valence-electron chi connectivity index (χ1n) is 6.70. The number of rotatable bonds is 3. The number of thiocarbonyl (C=S) groups is 1. The van der Waals surface area contributed by atoms with Crippen molar-refractivity contribution in [1.29, 1.82) is 0 Å². The molecule has 0 aliphatic heterocycles. The van der Waals surface area contributed by atoms with Gasteiger partial charge in [-0.25, -0.2) is 0 Å². The Labute approximate surface area is 140 Å². The minimum atomic E-state index is -0.0522. The molecule has 0 radical (unpaired) electrons. The quantitative estimate of drug-likeness (QED) is 0.777. The Morgan fingerprint density at radius 1 is 1.29 bits per heavy atom. The lowest BCUT2D eigenvalue weighted by atomic mass is 9.76. The third-order valence-electron chi connectivity index (χ3n) is 3.40. The van der Waals surface area contributed by atoms with E-state index in [0.717, 1.165) is 17.8 Å². The molecule has 0 aromatic heterocycles. The van der Waals surface area contributed by atoms with Crippen molar-refractivity contribution in [3.05, 3.63) is 40.6 Å². The summed E-state index contributed by atoms with van der Waals surface area (Å²) in [7, 11) is 0. The molecule has 21 heavy (non-hydrogen) atoms. The van der Waals surface area contributed by atoms with E-state index in [1.54, 1.807) is 0 Å². The van der Waals surface area contributed by atoms with Gasteiger partial charge < -0.3 is 5.32 Å². The van der Waals surface area contributed by atoms with Crippen LogP contribution in [0, 0.1) is 5.41 Å². The van der Waals surface area contributed by atoms with Gasteiger partial charge in [-0.05, 0) is 42.4 Å². The molecule has 0 spiro atoms. The molecule has 0 amide bonds. The highest BCUT2D eigenvalue weighted by atomic mass is 35.5. The second-order valence-electron chi connectivity index (χ2n) is 5.92. The zero-order chi connectivity index (χ0) is 15.6. The number of benzene rings is 1. The van der Waals surface area contributed by atoms with Gasteiger partial charge in [-0.2, -0.15) is 0 Å². The molecular formula is C16H18ClNOS2. The minimum absolute atomic E-state index is 0.0522. The number of carbonyl (C=O) groups is 1. The van der Waals surface area contributed by atoms with E-state index in [1.165, 1.54) is 11.8 Å². The number of thioether (sulfide) groups is 1. The van der Waals surface area contributed by atoms with Crippen molar-refractivity contribution >= 4 is 51.2 Å². The Morgan fingerprint density at radius 2 is 1.90 bits per heavy atom. The highest BCUT2D eigenvalue weighted by Gasteiger charge is 2.34. The Kier molecular flexibility index (Phi) is 5.12. The maximum absolute atomic E-state index is 12.4. The van der Waals surface area contributed by atoms with E-state index in [1.807, 2.05) is 30.5 Å². The number of hydrogen-bond acceptors (Lipinski definition) is 4. The summed E-state index contributed by atoms with van der Waals surface area (Å²) >= 11 is 12.7. The largest absolute Gasteiger partial charge is 0.358 e. The summed E-state index contributed by atoms with van der Waals surface area (Å²) in [6.45, 7) is 4.21. The molecule has 0 saturated heterocycles. The predicted octanol–water partition coefficient (Wildman–Crippen LogP) is 5.09. The first-order valence-corrected chi connectivity index (χ1v) is 8.71. The van der Waals surface area contributed by atoms with Gasteiger partial charge in [0, 0.05) is 22.8 Å². The molecule has 1 aromatic carbocycles. The highest BCUT2D eigenvalue weighted by molar-refractivity contribution is 8.23. The average molecular weight is 340 g/mol. The molecule has 1 aromatic rings. The van der Waals surface area contributed by atoms with E-state index >= 15 is 0 Å². The van der Waals surface area contributed by atoms with E-state index in [9.17, 15) is 4.79 Å². The lowest BCUT2D eigenvalue weighted by molar-refractivity contribution is -0.117. The summed E-state index contributed by atoms with van der Waals surface area (Å²) in [6.07, 6.45) is 3.24. The number of carbonyl (C=O) groups excluding carboxylic acids is 1. The minimum Gasteiger partial charge on any atom is -0.358 e. The van der Waals surface area contributed by atoms with Gasteiger partial charge in [0.1, 0.15) is 0 Å². The first kappa shape index (κ1) is 16.5. The van der Waals surface area contributed by atoms with Gasteiger partial charge in [0.25, 0.3) is 0 Å². The highest BCUT2D eigenvalue weighted by Crippen LogP contribution is 2.38. The number of hydrogen-bond donors (Lipinski definition) is 1. The number of anilines is 1. The summed E-state index contributed by atoms with van der Waals surface area (Å²) in [5, 5.41) is 4.05. The maximum atomic E-state index is 12.4. The lowest BCUT2D eigenvalue weighted by Crippen LogP contribution is -2.30. The second kappa shape index (κ2) is 6.51. The van der Waals surface area contributed by atoms with Crippen molar-refractivity contribution in [1.82, 2.24) is 0 Å². The fraction of sp³-hybridized carbons (Fsp3) is 0.375. The number of halogens is 1. The number of allylic oxidation sites excluding steroid dienone is 1. The molecule has 5 heteroatoms. The van der Waals surface area contributed by atoms with Gasteiger partial charge >= 0.3 is 0 Å². The Balaban J connectivity index is 2.39. The average Bonchev–Trinajstić information content (AvgIpc) is 2.39. The van der Waals surface area contributed by atoms with Gasteiger partial charge in [0.05, 0.1) is 9.77 Å². The predicted molar refractivity (Wildman–Crippen MR) is 96.2 cm³/mol. The molecule has 0 fully saturated rings. The molecule has 0 saturated carbocycles. The summed E-state index contributed by atoms with van der Waals surface area (Å²) in [4.78, 5) is 12.4. The normalized spacial score (nSPS) is 17.8. The van der Waals surface area contributed by atoms with E-state index in [0.29, 0.717) is 21.2 Å². The van der Waals surface area contributed by atoms with Crippen LogP contribution in [0.25, 0.3) is 0 Å². The summed E-state index contributed by atoms with van der Waals surface area (Å²) < 4.78 is 0.659. The molecule has 2 nitrogen and oxygen atoms in total. The fourth-order valence-electron chi connectivity index (χ4n) is 2.47. The van der Waals surface area contributed by atoms with Crippen LogP contribution >= 0.6 is 35.6 Å². The van der Waals surface area contributed by atoms with E-state index < -0.39 is 0 Å². The summed E-state index contributed by atoms with van der Waals surface area (Å²) in [6, 6.07) is 7.46. The Bertz CT molecular complexity index is 605. The van der Waals surface area contributed by atoms with Crippen LogP contribution in [0.3, 0.4) is 0 Å². The smallest absolute Gasteiger partial charge is 0.167 e. The van der Waals surface area contributed by atoms with E-state index in [-0.39, 0.29) is 11.2 Å². The molecule has 1 aliphatic rings. The molecule has 1 N–H and O–H groups in total. The van der Waals surface area contributed by atoms with Gasteiger partial charge in [-0.15, -0.1) is 11.8 Å². The SMILES string of the molecule is CSC(=S)C1=C(Nc2ccc(Cl)cc2)CC(C)(C)CC1=O. The molecule has 112 valence electrons.